The van der Waals surface area contributed by atoms with E-state index in [1.54, 1.807) is 24.3 Å². The normalized spacial score (nSPS) is 10.7. The highest BCUT2D eigenvalue weighted by Gasteiger charge is 2.20. The fourth-order valence-corrected chi connectivity index (χ4v) is 4.04. The van der Waals surface area contributed by atoms with Gasteiger partial charge < -0.3 is 5.32 Å². The predicted molar refractivity (Wildman–Crippen MR) is 121 cm³/mol. The fourth-order valence-electron chi connectivity index (χ4n) is 3.17. The minimum absolute atomic E-state index is 0.0683. The first-order valence-electron chi connectivity index (χ1n) is 9.61. The van der Waals surface area contributed by atoms with Crippen LogP contribution in [-0.2, 0) is 4.79 Å². The third-order valence-electron chi connectivity index (χ3n) is 4.51. The third-order valence-corrected chi connectivity index (χ3v) is 5.39. The Balaban J connectivity index is 1.72. The summed E-state index contributed by atoms with van der Waals surface area (Å²) < 4.78 is 1.83. The van der Waals surface area contributed by atoms with Gasteiger partial charge in [0.2, 0.25) is 11.1 Å². The van der Waals surface area contributed by atoms with Crippen molar-refractivity contribution in [1.82, 2.24) is 19.7 Å². The Morgan fingerprint density at radius 2 is 1.84 bits per heavy atom. The molecule has 0 aliphatic carbocycles. The average molecular weight is 446 g/mol. The van der Waals surface area contributed by atoms with E-state index in [1.165, 1.54) is 24.8 Å². The molecule has 0 bridgehead atoms. The Labute approximate surface area is 187 Å². The first kappa shape index (κ1) is 21.2. The second-order valence-electron chi connectivity index (χ2n) is 6.84. The van der Waals surface area contributed by atoms with Crippen LogP contribution < -0.4 is 5.32 Å². The zero-order valence-electron chi connectivity index (χ0n) is 17.2. The van der Waals surface area contributed by atoms with E-state index in [-0.39, 0.29) is 17.3 Å². The second-order valence-corrected chi connectivity index (χ2v) is 7.83. The van der Waals surface area contributed by atoms with E-state index in [0.717, 1.165) is 5.69 Å². The van der Waals surface area contributed by atoms with Gasteiger partial charge in [0.15, 0.2) is 0 Å². The molecule has 2 aromatic carbocycles. The van der Waals surface area contributed by atoms with Gasteiger partial charge in [0, 0.05) is 24.2 Å². The van der Waals surface area contributed by atoms with Gasteiger partial charge in [-0.1, -0.05) is 36.4 Å². The van der Waals surface area contributed by atoms with Crippen molar-refractivity contribution in [3.05, 3.63) is 82.7 Å². The molecule has 2 aromatic heterocycles. The lowest BCUT2D eigenvalue weighted by molar-refractivity contribution is -0.384. The number of nitrogens with zero attached hydrogens (tertiary/aromatic N) is 5. The Morgan fingerprint density at radius 1 is 1.06 bits per heavy atom. The number of nitrogens with one attached hydrogen (secondary N) is 1. The minimum atomic E-state index is -0.441. The SMILES string of the molecule is CC(=O)Nc1cccc(-n2c(C)nnc2Sc2ccc([N+](=O)[O-])c(-c3ccccc3)n2)c1. The summed E-state index contributed by atoms with van der Waals surface area (Å²) in [6.45, 7) is 3.27. The van der Waals surface area contributed by atoms with Crippen LogP contribution in [0.4, 0.5) is 11.4 Å². The maximum Gasteiger partial charge on any atom is 0.295 e. The number of carbonyl (C=O) groups is 1. The number of hydrogen-bond acceptors (Lipinski definition) is 7. The number of anilines is 1. The topological polar surface area (TPSA) is 116 Å². The Hall–Kier alpha value is -4.05. The van der Waals surface area contributed by atoms with Gasteiger partial charge in [0.25, 0.3) is 5.69 Å². The highest BCUT2D eigenvalue weighted by atomic mass is 32.2. The molecule has 1 amide bonds. The molecule has 160 valence electrons. The van der Waals surface area contributed by atoms with Crippen LogP contribution in [0.5, 0.6) is 0 Å². The number of nitro groups is 1. The lowest BCUT2D eigenvalue weighted by Crippen LogP contribution is -2.07. The maximum absolute atomic E-state index is 11.5. The van der Waals surface area contributed by atoms with Crippen molar-refractivity contribution in [1.29, 1.82) is 0 Å². The van der Waals surface area contributed by atoms with E-state index in [2.05, 4.69) is 20.5 Å². The number of hydrogen-bond donors (Lipinski definition) is 1. The van der Waals surface area contributed by atoms with E-state index >= 15 is 0 Å². The molecule has 0 spiro atoms. The van der Waals surface area contributed by atoms with Crippen LogP contribution >= 0.6 is 11.8 Å². The smallest absolute Gasteiger partial charge is 0.295 e. The van der Waals surface area contributed by atoms with Gasteiger partial charge in [-0.2, -0.15) is 0 Å². The maximum atomic E-state index is 11.5. The van der Waals surface area contributed by atoms with Gasteiger partial charge in [-0.15, -0.1) is 10.2 Å². The molecular weight excluding hydrogens is 428 g/mol. The summed E-state index contributed by atoms with van der Waals surface area (Å²) in [4.78, 5) is 27.0. The van der Waals surface area contributed by atoms with Crippen LogP contribution in [0.2, 0.25) is 0 Å². The summed E-state index contributed by atoms with van der Waals surface area (Å²) >= 11 is 1.25. The van der Waals surface area contributed by atoms with Crippen LogP contribution in [0.3, 0.4) is 0 Å². The van der Waals surface area contributed by atoms with Crippen LogP contribution in [-0.4, -0.2) is 30.6 Å². The standard InChI is InChI=1S/C22H18N6O3S/c1-14-25-26-22(27(14)18-10-6-9-17(13-18)23-15(2)29)32-20-12-11-19(28(30)31)21(24-20)16-7-4-3-5-8-16/h3-13H,1-2H3,(H,23,29). The van der Waals surface area contributed by atoms with Crippen molar-refractivity contribution in [2.75, 3.05) is 5.32 Å². The first-order valence-corrected chi connectivity index (χ1v) is 10.4. The lowest BCUT2D eigenvalue weighted by Gasteiger charge is -2.11. The molecule has 4 aromatic rings. The molecule has 0 aliphatic rings. The molecule has 2 heterocycles. The molecule has 0 unspecified atom stereocenters. The van der Waals surface area contributed by atoms with Gasteiger partial charge in [-0.3, -0.25) is 19.5 Å². The molecule has 0 aliphatic heterocycles. The lowest BCUT2D eigenvalue weighted by atomic mass is 10.1. The van der Waals surface area contributed by atoms with Crippen LogP contribution in [0.25, 0.3) is 16.9 Å². The molecular formula is C22H18N6O3S. The first-order chi connectivity index (χ1) is 15.4. The highest BCUT2D eigenvalue weighted by Crippen LogP contribution is 2.34. The van der Waals surface area contributed by atoms with Gasteiger partial charge in [-0.25, -0.2) is 4.98 Å². The summed E-state index contributed by atoms with van der Waals surface area (Å²) in [6, 6.07) is 19.4. The molecule has 0 saturated carbocycles. The number of carbonyl (C=O) groups excluding carboxylic acids is 1. The van der Waals surface area contributed by atoms with E-state index in [9.17, 15) is 14.9 Å². The summed E-state index contributed by atoms with van der Waals surface area (Å²) in [6.07, 6.45) is 0. The fraction of sp³-hybridized carbons (Fsp3) is 0.0909. The summed E-state index contributed by atoms with van der Waals surface area (Å²) in [5.74, 6) is 0.485. The monoisotopic (exact) mass is 446 g/mol. The number of rotatable bonds is 6. The van der Waals surface area contributed by atoms with Crippen molar-refractivity contribution < 1.29 is 9.72 Å². The highest BCUT2D eigenvalue weighted by molar-refractivity contribution is 7.99. The molecule has 10 heteroatoms. The van der Waals surface area contributed by atoms with E-state index in [1.807, 2.05) is 47.9 Å². The predicted octanol–water partition coefficient (Wildman–Crippen LogP) is 4.66. The Morgan fingerprint density at radius 3 is 2.56 bits per heavy atom. The second kappa shape index (κ2) is 8.98. The van der Waals surface area contributed by atoms with Gasteiger partial charge in [-0.05, 0) is 43.0 Å². The molecule has 0 radical (unpaired) electrons. The number of amides is 1. The molecule has 0 fully saturated rings. The number of aromatic nitrogens is 4. The molecule has 0 atom stereocenters. The van der Waals surface area contributed by atoms with Crippen molar-refractivity contribution in [3.8, 4) is 16.9 Å². The van der Waals surface area contributed by atoms with Gasteiger partial charge in [0.05, 0.1) is 10.6 Å². The summed E-state index contributed by atoms with van der Waals surface area (Å²) in [5, 5.41) is 23.8. The van der Waals surface area contributed by atoms with Gasteiger partial charge in [0.1, 0.15) is 16.5 Å². The number of benzene rings is 2. The molecule has 32 heavy (non-hydrogen) atoms. The molecule has 0 saturated heterocycles. The zero-order chi connectivity index (χ0) is 22.7. The van der Waals surface area contributed by atoms with E-state index in [4.69, 9.17) is 0 Å². The van der Waals surface area contributed by atoms with Crippen molar-refractivity contribution in [2.24, 2.45) is 0 Å². The van der Waals surface area contributed by atoms with Crippen LogP contribution in [0.1, 0.15) is 12.7 Å². The zero-order valence-corrected chi connectivity index (χ0v) is 18.0. The van der Waals surface area contributed by atoms with E-state index < -0.39 is 4.92 Å². The van der Waals surface area contributed by atoms with E-state index in [0.29, 0.717) is 27.3 Å². The van der Waals surface area contributed by atoms with Crippen molar-refractivity contribution >= 4 is 29.0 Å². The largest absolute Gasteiger partial charge is 0.326 e. The summed E-state index contributed by atoms with van der Waals surface area (Å²) in [7, 11) is 0. The minimum Gasteiger partial charge on any atom is -0.326 e. The molecule has 1 N–H and O–H groups in total. The quantitative estimate of drug-likeness (QED) is 0.338. The Bertz CT molecular complexity index is 1310. The van der Waals surface area contributed by atoms with Gasteiger partial charge >= 0.3 is 0 Å². The average Bonchev–Trinajstić information content (AvgIpc) is 3.13. The number of pyridine rings is 1. The Kier molecular flexibility index (Phi) is 5.95. The molecule has 9 nitrogen and oxygen atoms in total. The third kappa shape index (κ3) is 4.49. The summed E-state index contributed by atoms with van der Waals surface area (Å²) in [5.41, 5.74) is 2.30. The number of aryl methyl sites for hydroxylation is 1. The van der Waals surface area contributed by atoms with Crippen molar-refractivity contribution in [3.63, 3.8) is 0 Å². The van der Waals surface area contributed by atoms with Crippen molar-refractivity contribution in [2.45, 2.75) is 24.0 Å². The molecule has 4 rings (SSSR count). The van der Waals surface area contributed by atoms with Crippen LogP contribution in [0, 0.1) is 17.0 Å². The van der Waals surface area contributed by atoms with Crippen LogP contribution in [0.15, 0.2) is 76.9 Å².